The average molecular weight is 341 g/mol. The molecule has 0 aliphatic heterocycles. The summed E-state index contributed by atoms with van der Waals surface area (Å²) in [7, 11) is 0. The highest BCUT2D eigenvalue weighted by Gasteiger charge is 2.07. The average Bonchev–Trinajstić information content (AvgIpc) is 3.03. The minimum atomic E-state index is -1.03. The molecule has 0 spiro atoms. The largest absolute Gasteiger partial charge is 0.508 e. The number of phenols is 1. The molecule has 0 amide bonds. The Morgan fingerprint density at radius 2 is 1.88 bits per heavy atom. The van der Waals surface area contributed by atoms with Crippen LogP contribution in [0.2, 0.25) is 5.02 Å². The fourth-order valence-electron chi connectivity index (χ4n) is 2.23. The van der Waals surface area contributed by atoms with Gasteiger partial charge in [0.25, 0.3) is 0 Å². The summed E-state index contributed by atoms with van der Waals surface area (Å²) < 4.78 is 1.89. The molecular formula is C18H13ClN2O3. The van der Waals surface area contributed by atoms with Crippen LogP contribution in [0.1, 0.15) is 16.1 Å². The van der Waals surface area contributed by atoms with Crippen LogP contribution in [-0.4, -0.2) is 27.0 Å². The Morgan fingerprint density at radius 3 is 2.58 bits per heavy atom. The van der Waals surface area contributed by atoms with Crippen LogP contribution in [0.3, 0.4) is 0 Å². The number of hydrogen-bond donors (Lipinski definition) is 2. The van der Waals surface area contributed by atoms with Gasteiger partial charge in [0, 0.05) is 11.9 Å². The van der Waals surface area contributed by atoms with Crippen molar-refractivity contribution < 1.29 is 15.0 Å². The second-order valence-electron chi connectivity index (χ2n) is 5.05. The minimum Gasteiger partial charge on any atom is -0.508 e. The van der Waals surface area contributed by atoms with E-state index in [0.717, 1.165) is 11.4 Å². The molecule has 0 fully saturated rings. The van der Waals surface area contributed by atoms with Crippen molar-refractivity contribution in [1.82, 2.24) is 4.57 Å². The van der Waals surface area contributed by atoms with Crippen molar-refractivity contribution >= 4 is 29.5 Å². The van der Waals surface area contributed by atoms with Gasteiger partial charge in [-0.1, -0.05) is 11.6 Å². The van der Waals surface area contributed by atoms with Crippen LogP contribution in [0.15, 0.2) is 65.8 Å². The van der Waals surface area contributed by atoms with Crippen molar-refractivity contribution in [2.24, 2.45) is 4.99 Å². The maximum Gasteiger partial charge on any atom is 0.335 e. The van der Waals surface area contributed by atoms with E-state index >= 15 is 0 Å². The first-order chi connectivity index (χ1) is 11.5. The summed E-state index contributed by atoms with van der Waals surface area (Å²) in [6.07, 6.45) is 3.47. The van der Waals surface area contributed by atoms with Crippen molar-refractivity contribution in [1.29, 1.82) is 0 Å². The van der Waals surface area contributed by atoms with Crippen LogP contribution in [0.25, 0.3) is 5.69 Å². The quantitative estimate of drug-likeness (QED) is 0.696. The molecular weight excluding hydrogens is 328 g/mol. The molecule has 2 N–H and O–H groups in total. The molecule has 0 aliphatic rings. The lowest BCUT2D eigenvalue weighted by Gasteiger charge is -2.06. The third kappa shape index (κ3) is 3.31. The van der Waals surface area contributed by atoms with Crippen molar-refractivity contribution in [2.45, 2.75) is 0 Å². The maximum atomic E-state index is 11.0. The second kappa shape index (κ2) is 6.60. The molecule has 0 bridgehead atoms. The molecule has 0 saturated heterocycles. The van der Waals surface area contributed by atoms with Gasteiger partial charge in [-0.25, -0.2) is 4.79 Å². The van der Waals surface area contributed by atoms with Gasteiger partial charge in [0.2, 0.25) is 0 Å². The minimum absolute atomic E-state index is 0.125. The van der Waals surface area contributed by atoms with Crippen LogP contribution < -0.4 is 0 Å². The van der Waals surface area contributed by atoms with Gasteiger partial charge in [0.1, 0.15) is 5.75 Å². The standard InChI is InChI=1S/C18H13ClN2O3/c19-16-8-3-12(18(23)24)10-17(16)20-11-14-2-1-9-21(14)13-4-6-15(22)7-5-13/h1-11,22H,(H,23,24). The summed E-state index contributed by atoms with van der Waals surface area (Å²) in [5.74, 6) is -0.839. The van der Waals surface area contributed by atoms with Crippen molar-refractivity contribution in [3.05, 3.63) is 77.1 Å². The molecule has 120 valence electrons. The van der Waals surface area contributed by atoms with E-state index in [2.05, 4.69) is 4.99 Å². The fourth-order valence-corrected chi connectivity index (χ4v) is 2.39. The number of aromatic carboxylic acids is 1. The van der Waals surface area contributed by atoms with Crippen LogP contribution in [0, 0.1) is 0 Å². The van der Waals surface area contributed by atoms with Crippen LogP contribution in [0.5, 0.6) is 5.75 Å². The summed E-state index contributed by atoms with van der Waals surface area (Å²) in [6, 6.07) is 14.9. The van der Waals surface area contributed by atoms with Crippen molar-refractivity contribution in [3.63, 3.8) is 0 Å². The monoisotopic (exact) mass is 340 g/mol. The number of aromatic nitrogens is 1. The number of nitrogens with zero attached hydrogens (tertiary/aromatic N) is 2. The molecule has 6 heteroatoms. The van der Waals surface area contributed by atoms with E-state index < -0.39 is 5.97 Å². The molecule has 1 heterocycles. The second-order valence-corrected chi connectivity index (χ2v) is 5.46. The highest BCUT2D eigenvalue weighted by molar-refractivity contribution is 6.33. The van der Waals surface area contributed by atoms with Crippen molar-refractivity contribution in [3.8, 4) is 11.4 Å². The van der Waals surface area contributed by atoms with Crippen LogP contribution >= 0.6 is 11.6 Å². The third-order valence-corrected chi connectivity index (χ3v) is 3.76. The molecule has 0 unspecified atom stereocenters. The molecule has 3 rings (SSSR count). The predicted octanol–water partition coefficient (Wildman–Crippen LogP) is 4.29. The van der Waals surface area contributed by atoms with E-state index in [4.69, 9.17) is 16.7 Å². The zero-order valence-corrected chi connectivity index (χ0v) is 13.2. The smallest absolute Gasteiger partial charge is 0.335 e. The third-order valence-electron chi connectivity index (χ3n) is 3.44. The number of carboxylic acids is 1. The number of benzene rings is 2. The van der Waals surface area contributed by atoms with E-state index in [-0.39, 0.29) is 11.3 Å². The molecule has 1 aromatic heterocycles. The van der Waals surface area contributed by atoms with E-state index in [0.29, 0.717) is 10.7 Å². The molecule has 3 aromatic rings. The summed E-state index contributed by atoms with van der Waals surface area (Å²) in [5, 5.41) is 18.8. The van der Waals surface area contributed by atoms with Crippen LogP contribution in [-0.2, 0) is 0 Å². The fraction of sp³-hybridized carbons (Fsp3) is 0. The summed E-state index contributed by atoms with van der Waals surface area (Å²) >= 11 is 6.07. The van der Waals surface area contributed by atoms with E-state index in [1.165, 1.54) is 18.2 Å². The number of halogens is 1. The Kier molecular flexibility index (Phi) is 4.35. The van der Waals surface area contributed by atoms with Gasteiger partial charge in [-0.2, -0.15) is 0 Å². The maximum absolute atomic E-state index is 11.0. The first kappa shape index (κ1) is 15.8. The number of aliphatic imine (C=N–C) groups is 1. The van der Waals surface area contributed by atoms with Gasteiger partial charge in [0.05, 0.1) is 28.2 Å². The topological polar surface area (TPSA) is 74.8 Å². The van der Waals surface area contributed by atoms with Crippen molar-refractivity contribution in [2.75, 3.05) is 0 Å². The normalized spacial score (nSPS) is 11.0. The van der Waals surface area contributed by atoms with E-state index in [1.807, 2.05) is 22.9 Å². The molecule has 5 nitrogen and oxygen atoms in total. The molecule has 24 heavy (non-hydrogen) atoms. The first-order valence-corrected chi connectivity index (χ1v) is 7.46. The van der Waals surface area contributed by atoms with Crippen LogP contribution in [0.4, 0.5) is 5.69 Å². The summed E-state index contributed by atoms with van der Waals surface area (Å²) in [5.41, 5.74) is 2.16. The number of rotatable bonds is 4. The molecule has 2 aromatic carbocycles. The van der Waals surface area contributed by atoms with Gasteiger partial charge in [-0.15, -0.1) is 0 Å². The zero-order chi connectivity index (χ0) is 17.1. The number of phenolic OH excluding ortho intramolecular Hbond substituents is 1. The Labute approximate surface area is 143 Å². The Hall–Kier alpha value is -3.05. The number of carbonyl (C=O) groups is 1. The lowest BCUT2D eigenvalue weighted by Crippen LogP contribution is -1.97. The number of carboxylic acid groups (broad SMARTS) is 1. The molecule has 0 radical (unpaired) electrons. The Balaban J connectivity index is 1.94. The summed E-state index contributed by atoms with van der Waals surface area (Å²) in [6.45, 7) is 0. The number of aromatic hydroxyl groups is 1. The van der Waals surface area contributed by atoms with Gasteiger partial charge < -0.3 is 14.8 Å². The van der Waals surface area contributed by atoms with Gasteiger partial charge >= 0.3 is 5.97 Å². The lowest BCUT2D eigenvalue weighted by atomic mass is 10.2. The summed E-state index contributed by atoms with van der Waals surface area (Å²) in [4.78, 5) is 15.3. The Morgan fingerprint density at radius 1 is 1.12 bits per heavy atom. The Bertz CT molecular complexity index is 914. The number of hydrogen-bond acceptors (Lipinski definition) is 3. The predicted molar refractivity (Wildman–Crippen MR) is 93.1 cm³/mol. The molecule has 0 aliphatic carbocycles. The van der Waals surface area contributed by atoms with E-state index in [1.54, 1.807) is 30.5 Å². The molecule has 0 atom stereocenters. The SMILES string of the molecule is O=C(O)c1ccc(Cl)c(N=Cc2cccn2-c2ccc(O)cc2)c1. The highest BCUT2D eigenvalue weighted by atomic mass is 35.5. The highest BCUT2D eigenvalue weighted by Crippen LogP contribution is 2.26. The first-order valence-electron chi connectivity index (χ1n) is 7.08. The van der Waals surface area contributed by atoms with E-state index in [9.17, 15) is 9.90 Å². The van der Waals surface area contributed by atoms with Gasteiger partial charge in [-0.05, 0) is 54.6 Å². The van der Waals surface area contributed by atoms with Gasteiger partial charge in [-0.3, -0.25) is 4.99 Å². The van der Waals surface area contributed by atoms with Gasteiger partial charge in [0.15, 0.2) is 0 Å². The lowest BCUT2D eigenvalue weighted by molar-refractivity contribution is 0.0697. The molecule has 0 saturated carbocycles. The zero-order valence-electron chi connectivity index (χ0n) is 12.4.